The molecule has 9 rings (SSSR count). The Kier molecular flexibility index (Phi) is 6.77. The van der Waals surface area contributed by atoms with Crippen molar-refractivity contribution in [2.24, 2.45) is 0 Å². The van der Waals surface area contributed by atoms with Gasteiger partial charge in [-0.1, -0.05) is 153 Å². The van der Waals surface area contributed by atoms with Crippen LogP contribution in [-0.4, -0.2) is 19.9 Å². The van der Waals surface area contributed by atoms with Crippen LogP contribution in [0, 0.1) is 0 Å². The number of benzene rings is 6. The van der Waals surface area contributed by atoms with Crippen LogP contribution in [0.4, 0.5) is 0 Å². The Balaban J connectivity index is 1.18. The first-order valence-corrected chi connectivity index (χ1v) is 16.7. The molecule has 4 heteroatoms. The van der Waals surface area contributed by atoms with Gasteiger partial charge in [0.05, 0.1) is 11.2 Å². The minimum Gasteiger partial charge on any atom is -0.247 e. The number of para-hydroxylation sites is 1. The molecular formula is C45H32N4. The zero-order valence-corrected chi connectivity index (χ0v) is 27.3. The molecule has 0 atom stereocenters. The van der Waals surface area contributed by atoms with Gasteiger partial charge in [-0.15, -0.1) is 0 Å². The Bertz CT molecular complexity index is 2460. The van der Waals surface area contributed by atoms with Crippen LogP contribution in [0.25, 0.3) is 78.6 Å². The lowest BCUT2D eigenvalue weighted by atomic mass is 9.80. The summed E-state index contributed by atoms with van der Waals surface area (Å²) in [6, 6.07) is 54.8. The van der Waals surface area contributed by atoms with E-state index < -0.39 is 0 Å². The zero-order valence-electron chi connectivity index (χ0n) is 27.3. The van der Waals surface area contributed by atoms with Crippen LogP contribution in [0.5, 0.6) is 0 Å². The summed E-state index contributed by atoms with van der Waals surface area (Å²) >= 11 is 0. The second-order valence-corrected chi connectivity index (χ2v) is 13.1. The molecule has 1 aliphatic rings. The van der Waals surface area contributed by atoms with Gasteiger partial charge in [-0.05, 0) is 46.0 Å². The van der Waals surface area contributed by atoms with Gasteiger partial charge in [0.15, 0.2) is 17.5 Å². The second kappa shape index (κ2) is 11.5. The van der Waals surface area contributed by atoms with Gasteiger partial charge in [-0.2, -0.15) is 0 Å². The SMILES string of the molecule is CC1(C)c2ccccc2-c2c(-c3cccc(-c4cccc(-c5nc(-c6ccccc6)nc(-c6ccccc6)n5)c4)c3)nc3ccccc3c21. The van der Waals surface area contributed by atoms with Crippen LogP contribution >= 0.6 is 0 Å². The molecule has 0 bridgehead atoms. The fourth-order valence-electron chi connectivity index (χ4n) is 7.33. The maximum Gasteiger partial charge on any atom is 0.164 e. The molecule has 8 aromatic rings. The van der Waals surface area contributed by atoms with Crippen molar-refractivity contribution in [2.75, 3.05) is 0 Å². The molecule has 0 amide bonds. The summed E-state index contributed by atoms with van der Waals surface area (Å²) in [5, 5.41) is 1.22. The van der Waals surface area contributed by atoms with Crippen molar-refractivity contribution < 1.29 is 0 Å². The Labute approximate surface area is 285 Å². The second-order valence-electron chi connectivity index (χ2n) is 13.1. The molecule has 1 aliphatic carbocycles. The lowest BCUT2D eigenvalue weighted by molar-refractivity contribution is 0.666. The molecule has 0 aliphatic heterocycles. The number of nitrogens with zero attached hydrogens (tertiary/aromatic N) is 4. The van der Waals surface area contributed by atoms with Crippen LogP contribution in [0.15, 0.2) is 158 Å². The molecule has 4 nitrogen and oxygen atoms in total. The minimum atomic E-state index is -0.142. The van der Waals surface area contributed by atoms with Crippen molar-refractivity contribution in [3.8, 4) is 67.7 Å². The van der Waals surface area contributed by atoms with E-state index in [1.54, 1.807) is 0 Å². The Morgan fingerprint density at radius 2 is 0.898 bits per heavy atom. The van der Waals surface area contributed by atoms with Gasteiger partial charge < -0.3 is 0 Å². The predicted molar refractivity (Wildman–Crippen MR) is 200 cm³/mol. The van der Waals surface area contributed by atoms with Gasteiger partial charge in [0.1, 0.15) is 0 Å². The molecule has 0 saturated carbocycles. The Hall–Kier alpha value is -6.26. The van der Waals surface area contributed by atoms with E-state index in [4.69, 9.17) is 19.9 Å². The van der Waals surface area contributed by atoms with Gasteiger partial charge >= 0.3 is 0 Å². The van der Waals surface area contributed by atoms with E-state index in [9.17, 15) is 0 Å². The van der Waals surface area contributed by atoms with E-state index >= 15 is 0 Å². The fraction of sp³-hybridized carbons (Fsp3) is 0.0667. The number of fused-ring (bicyclic) bond motifs is 5. The molecule has 0 N–H and O–H groups in total. The van der Waals surface area contributed by atoms with Crippen molar-refractivity contribution in [2.45, 2.75) is 19.3 Å². The summed E-state index contributed by atoms with van der Waals surface area (Å²) in [6.45, 7) is 4.67. The molecule has 49 heavy (non-hydrogen) atoms. The maximum atomic E-state index is 5.33. The maximum absolute atomic E-state index is 5.33. The number of pyridine rings is 1. The van der Waals surface area contributed by atoms with Crippen molar-refractivity contribution in [3.63, 3.8) is 0 Å². The van der Waals surface area contributed by atoms with Crippen molar-refractivity contribution >= 4 is 10.9 Å². The molecular weight excluding hydrogens is 597 g/mol. The summed E-state index contributed by atoms with van der Waals surface area (Å²) in [7, 11) is 0. The number of aromatic nitrogens is 4. The van der Waals surface area contributed by atoms with Crippen molar-refractivity contribution in [1.82, 2.24) is 19.9 Å². The van der Waals surface area contributed by atoms with Crippen LogP contribution in [0.3, 0.4) is 0 Å². The van der Waals surface area contributed by atoms with Crippen LogP contribution in [0.1, 0.15) is 25.0 Å². The summed E-state index contributed by atoms with van der Waals surface area (Å²) in [4.78, 5) is 20.1. The largest absolute Gasteiger partial charge is 0.247 e. The van der Waals surface area contributed by atoms with E-state index in [0.29, 0.717) is 17.5 Å². The van der Waals surface area contributed by atoms with Gasteiger partial charge in [0.2, 0.25) is 0 Å². The summed E-state index contributed by atoms with van der Waals surface area (Å²) in [6.07, 6.45) is 0. The normalized spacial score (nSPS) is 12.9. The zero-order chi connectivity index (χ0) is 33.0. The van der Waals surface area contributed by atoms with E-state index in [1.165, 1.54) is 27.6 Å². The van der Waals surface area contributed by atoms with E-state index in [2.05, 4.69) is 111 Å². The minimum absolute atomic E-state index is 0.142. The lowest BCUT2D eigenvalue weighted by Crippen LogP contribution is -2.15. The molecule has 6 aromatic carbocycles. The number of hydrogen-bond donors (Lipinski definition) is 0. The summed E-state index contributed by atoms with van der Waals surface area (Å²) < 4.78 is 0. The van der Waals surface area contributed by atoms with Crippen molar-refractivity contribution in [3.05, 3.63) is 169 Å². The molecule has 0 radical (unpaired) electrons. The molecule has 232 valence electrons. The average molecular weight is 629 g/mol. The van der Waals surface area contributed by atoms with Crippen LogP contribution < -0.4 is 0 Å². The quantitative estimate of drug-likeness (QED) is 0.190. The average Bonchev–Trinajstić information content (AvgIpc) is 3.42. The fourth-order valence-corrected chi connectivity index (χ4v) is 7.33. The third kappa shape index (κ3) is 4.92. The van der Waals surface area contributed by atoms with Gasteiger partial charge in [0, 0.05) is 38.6 Å². The van der Waals surface area contributed by atoms with E-state index in [0.717, 1.165) is 44.6 Å². The summed E-state index contributed by atoms with van der Waals surface area (Å²) in [5.41, 5.74) is 13.2. The predicted octanol–water partition coefficient (Wildman–Crippen LogP) is 11.1. The van der Waals surface area contributed by atoms with Gasteiger partial charge in [-0.3, -0.25) is 0 Å². The highest BCUT2D eigenvalue weighted by atomic mass is 15.0. The monoisotopic (exact) mass is 628 g/mol. The first-order chi connectivity index (χ1) is 24.0. The number of rotatable bonds is 5. The van der Waals surface area contributed by atoms with Gasteiger partial charge in [-0.25, -0.2) is 19.9 Å². The standard InChI is InChI=1S/C45H32N4/c1-45(2)37-25-11-9-23-35(37)39-40(45)36-24-10-12-26-38(36)46-41(39)33-21-13-19-31(27-33)32-20-14-22-34(28-32)44-48-42(29-15-5-3-6-16-29)47-43(49-44)30-17-7-4-8-18-30/h3-28H,1-2H3. The molecule has 0 unspecified atom stereocenters. The lowest BCUT2D eigenvalue weighted by Gasteiger charge is -2.23. The third-order valence-electron chi connectivity index (χ3n) is 9.68. The Morgan fingerprint density at radius 3 is 1.57 bits per heavy atom. The Morgan fingerprint density at radius 1 is 0.408 bits per heavy atom. The highest BCUT2D eigenvalue weighted by molar-refractivity contribution is 6.01. The highest BCUT2D eigenvalue weighted by Crippen LogP contribution is 2.54. The van der Waals surface area contributed by atoms with Crippen LogP contribution in [0.2, 0.25) is 0 Å². The molecule has 0 fully saturated rings. The topological polar surface area (TPSA) is 51.6 Å². The molecule has 0 spiro atoms. The van der Waals surface area contributed by atoms with Gasteiger partial charge in [0.25, 0.3) is 0 Å². The number of hydrogen-bond acceptors (Lipinski definition) is 4. The summed E-state index contributed by atoms with van der Waals surface area (Å²) in [5.74, 6) is 1.94. The highest BCUT2D eigenvalue weighted by Gasteiger charge is 2.39. The van der Waals surface area contributed by atoms with E-state index in [-0.39, 0.29) is 5.41 Å². The molecule has 0 saturated heterocycles. The first-order valence-electron chi connectivity index (χ1n) is 16.7. The first kappa shape index (κ1) is 28.9. The van der Waals surface area contributed by atoms with Crippen LogP contribution in [-0.2, 0) is 5.41 Å². The molecule has 2 aromatic heterocycles. The van der Waals surface area contributed by atoms with Crippen molar-refractivity contribution in [1.29, 1.82) is 0 Å². The van der Waals surface area contributed by atoms with E-state index in [1.807, 2.05) is 60.7 Å². The molecule has 2 heterocycles. The third-order valence-corrected chi connectivity index (χ3v) is 9.68. The smallest absolute Gasteiger partial charge is 0.164 e.